The fourth-order valence-electron chi connectivity index (χ4n) is 1.73. The number of hydrogen-bond donors (Lipinski definition) is 1. The van der Waals surface area contributed by atoms with Crippen molar-refractivity contribution in [3.8, 4) is 22.8 Å². The summed E-state index contributed by atoms with van der Waals surface area (Å²) in [7, 11) is 1.51. The molecule has 112 valence electrons. The first-order valence-corrected chi connectivity index (χ1v) is 6.54. The molecule has 0 radical (unpaired) electrons. The van der Waals surface area contributed by atoms with E-state index in [1.807, 2.05) is 13.8 Å². The third-order valence-corrected chi connectivity index (χ3v) is 2.92. The average molecular weight is 312 g/mol. The Morgan fingerprint density at radius 2 is 2.05 bits per heavy atom. The smallest absolute Gasteiger partial charge is 0.358 e. The Balaban J connectivity index is 2.49. The van der Waals surface area contributed by atoms with Gasteiger partial charge in [0.2, 0.25) is 0 Å². The van der Waals surface area contributed by atoms with Crippen molar-refractivity contribution in [2.24, 2.45) is 0 Å². The van der Waals surface area contributed by atoms with E-state index >= 15 is 0 Å². The molecule has 0 saturated carbocycles. The summed E-state index contributed by atoms with van der Waals surface area (Å²) in [6, 6.07) is 4.51. The number of rotatable bonds is 5. The highest BCUT2D eigenvalue weighted by molar-refractivity contribution is 6.33. The number of carboxylic acid groups (broad SMARTS) is 1. The van der Waals surface area contributed by atoms with E-state index in [0.29, 0.717) is 22.1 Å². The first-order valence-electron chi connectivity index (χ1n) is 6.17. The van der Waals surface area contributed by atoms with Crippen molar-refractivity contribution in [3.63, 3.8) is 0 Å². The molecular weight excluding hydrogens is 298 g/mol. The summed E-state index contributed by atoms with van der Waals surface area (Å²) in [5, 5.41) is 12.7. The van der Waals surface area contributed by atoms with Crippen LogP contribution in [0.1, 0.15) is 24.3 Å². The van der Waals surface area contributed by atoms with Crippen LogP contribution < -0.4 is 9.47 Å². The molecule has 0 amide bonds. The number of ether oxygens (including phenoxy) is 2. The minimum absolute atomic E-state index is 0.0581. The van der Waals surface area contributed by atoms with Gasteiger partial charge in [-0.25, -0.2) is 4.79 Å². The molecule has 6 nitrogen and oxygen atoms in total. The minimum atomic E-state index is -1.17. The van der Waals surface area contributed by atoms with Gasteiger partial charge in [-0.2, -0.15) is 0 Å². The van der Waals surface area contributed by atoms with E-state index in [9.17, 15) is 4.79 Å². The van der Waals surface area contributed by atoms with Crippen LogP contribution in [-0.2, 0) is 0 Å². The molecule has 21 heavy (non-hydrogen) atoms. The topological polar surface area (TPSA) is 81.8 Å². The maximum Gasteiger partial charge on any atom is 0.358 e. The number of nitrogens with zero attached hydrogens (tertiary/aromatic N) is 1. The number of halogens is 1. The Morgan fingerprint density at radius 1 is 1.33 bits per heavy atom. The van der Waals surface area contributed by atoms with E-state index in [0.717, 1.165) is 0 Å². The van der Waals surface area contributed by atoms with E-state index in [4.69, 9.17) is 30.7 Å². The predicted octanol–water partition coefficient (Wildman–Crippen LogP) is 3.49. The molecule has 7 heteroatoms. The summed E-state index contributed by atoms with van der Waals surface area (Å²) < 4.78 is 15.9. The Hall–Kier alpha value is -2.21. The van der Waals surface area contributed by atoms with Crippen LogP contribution in [0.3, 0.4) is 0 Å². The van der Waals surface area contributed by atoms with Gasteiger partial charge in [0.05, 0.1) is 18.2 Å². The summed E-state index contributed by atoms with van der Waals surface area (Å²) in [5.74, 6) is 0.0394. The number of carboxylic acids is 1. The van der Waals surface area contributed by atoms with Crippen LogP contribution >= 0.6 is 11.6 Å². The third kappa shape index (κ3) is 3.28. The maximum atomic E-state index is 10.8. The van der Waals surface area contributed by atoms with E-state index < -0.39 is 5.97 Å². The Bertz CT molecular complexity index is 665. The van der Waals surface area contributed by atoms with Crippen molar-refractivity contribution in [2.75, 3.05) is 7.11 Å². The van der Waals surface area contributed by atoms with Crippen LogP contribution in [0.2, 0.25) is 5.02 Å². The molecule has 1 N–H and O–H groups in total. The standard InChI is InChI=1S/C14H14ClNO5/c1-7(2)20-13-4-8(9(15)5-12(13)19-3)11-6-10(14(17)18)16-21-11/h4-7H,1-3H3,(H,17,18). The highest BCUT2D eigenvalue weighted by Gasteiger charge is 2.18. The number of aromatic carboxylic acids is 1. The lowest BCUT2D eigenvalue weighted by atomic mass is 10.1. The fourth-order valence-corrected chi connectivity index (χ4v) is 1.98. The van der Waals surface area contributed by atoms with Crippen LogP contribution in [0.5, 0.6) is 11.5 Å². The van der Waals surface area contributed by atoms with Gasteiger partial charge in [0.25, 0.3) is 0 Å². The molecule has 0 aliphatic carbocycles. The van der Waals surface area contributed by atoms with Gasteiger partial charge in [0.15, 0.2) is 23.0 Å². The highest BCUT2D eigenvalue weighted by Crippen LogP contribution is 2.39. The largest absolute Gasteiger partial charge is 0.493 e. The Morgan fingerprint density at radius 3 is 2.57 bits per heavy atom. The van der Waals surface area contributed by atoms with Gasteiger partial charge in [-0.1, -0.05) is 16.8 Å². The predicted molar refractivity (Wildman–Crippen MR) is 76.2 cm³/mol. The molecular formula is C14H14ClNO5. The molecule has 2 aromatic rings. The Kier molecular flexibility index (Phi) is 4.37. The summed E-state index contributed by atoms with van der Waals surface area (Å²) >= 11 is 6.17. The molecule has 0 spiro atoms. The monoisotopic (exact) mass is 311 g/mol. The molecule has 0 aliphatic heterocycles. The molecule has 0 bridgehead atoms. The van der Waals surface area contributed by atoms with Gasteiger partial charge in [0.1, 0.15) is 0 Å². The van der Waals surface area contributed by atoms with E-state index in [2.05, 4.69) is 5.16 Å². The molecule has 0 fully saturated rings. The van der Waals surface area contributed by atoms with Crippen molar-refractivity contribution >= 4 is 17.6 Å². The van der Waals surface area contributed by atoms with Gasteiger partial charge < -0.3 is 19.1 Å². The van der Waals surface area contributed by atoms with Gasteiger partial charge >= 0.3 is 5.97 Å². The molecule has 2 rings (SSSR count). The molecule has 0 atom stereocenters. The minimum Gasteiger partial charge on any atom is -0.493 e. The summed E-state index contributed by atoms with van der Waals surface area (Å²) in [5.41, 5.74) is 0.288. The fraction of sp³-hybridized carbons (Fsp3) is 0.286. The van der Waals surface area contributed by atoms with Crippen LogP contribution in [-0.4, -0.2) is 29.4 Å². The Labute approximate surface area is 126 Å². The van der Waals surface area contributed by atoms with Crippen LogP contribution in [0.15, 0.2) is 22.7 Å². The number of benzene rings is 1. The van der Waals surface area contributed by atoms with Gasteiger partial charge in [-0.15, -0.1) is 0 Å². The molecule has 0 aliphatic rings. The zero-order chi connectivity index (χ0) is 15.6. The lowest BCUT2D eigenvalue weighted by Gasteiger charge is -2.15. The molecule has 0 unspecified atom stereocenters. The zero-order valence-electron chi connectivity index (χ0n) is 11.7. The van der Waals surface area contributed by atoms with Crippen molar-refractivity contribution in [2.45, 2.75) is 20.0 Å². The molecule has 1 aromatic carbocycles. The van der Waals surface area contributed by atoms with Crippen LogP contribution in [0, 0.1) is 0 Å². The lowest BCUT2D eigenvalue weighted by Crippen LogP contribution is -2.06. The van der Waals surface area contributed by atoms with E-state index in [-0.39, 0.29) is 17.6 Å². The normalized spacial score (nSPS) is 10.7. The van der Waals surface area contributed by atoms with Gasteiger partial charge in [-0.05, 0) is 19.9 Å². The quantitative estimate of drug-likeness (QED) is 0.910. The summed E-state index contributed by atoms with van der Waals surface area (Å²) in [4.78, 5) is 10.8. The van der Waals surface area contributed by atoms with E-state index in [1.54, 1.807) is 12.1 Å². The SMILES string of the molecule is COc1cc(Cl)c(-c2cc(C(=O)O)no2)cc1OC(C)C. The molecule has 1 aromatic heterocycles. The van der Waals surface area contributed by atoms with Crippen molar-refractivity contribution in [1.29, 1.82) is 0 Å². The van der Waals surface area contributed by atoms with Crippen molar-refractivity contribution in [1.82, 2.24) is 5.16 Å². The second-order valence-electron chi connectivity index (χ2n) is 4.53. The van der Waals surface area contributed by atoms with Gasteiger partial charge in [0, 0.05) is 17.7 Å². The first-order chi connectivity index (χ1) is 9.92. The highest BCUT2D eigenvalue weighted by atomic mass is 35.5. The zero-order valence-corrected chi connectivity index (χ0v) is 12.5. The number of aromatic nitrogens is 1. The summed E-state index contributed by atoms with van der Waals surface area (Å²) in [6.07, 6.45) is -0.0581. The third-order valence-electron chi connectivity index (χ3n) is 2.61. The van der Waals surface area contributed by atoms with E-state index in [1.165, 1.54) is 13.2 Å². The van der Waals surface area contributed by atoms with Crippen LogP contribution in [0.25, 0.3) is 11.3 Å². The second kappa shape index (κ2) is 6.05. The molecule has 0 saturated heterocycles. The number of methoxy groups -OCH3 is 1. The van der Waals surface area contributed by atoms with Crippen molar-refractivity contribution in [3.05, 3.63) is 28.9 Å². The first kappa shape index (κ1) is 15.2. The maximum absolute atomic E-state index is 10.8. The van der Waals surface area contributed by atoms with Crippen LogP contribution in [0.4, 0.5) is 0 Å². The van der Waals surface area contributed by atoms with Gasteiger partial charge in [-0.3, -0.25) is 0 Å². The van der Waals surface area contributed by atoms with Crippen molar-refractivity contribution < 1.29 is 23.9 Å². The lowest BCUT2D eigenvalue weighted by molar-refractivity contribution is 0.0686. The second-order valence-corrected chi connectivity index (χ2v) is 4.94. The summed E-state index contributed by atoms with van der Waals surface area (Å²) in [6.45, 7) is 3.76. The number of carbonyl (C=O) groups is 1. The molecule has 1 heterocycles. The number of hydrogen-bond acceptors (Lipinski definition) is 5. The average Bonchev–Trinajstić information content (AvgIpc) is 2.89.